The van der Waals surface area contributed by atoms with E-state index in [1.165, 1.54) is 34.7 Å². The average Bonchev–Trinajstić information content (AvgIpc) is 3.16. The monoisotopic (exact) mass is 444 g/mol. The molecule has 0 atom stereocenters. The Kier molecular flexibility index (Phi) is 5.33. The van der Waals surface area contributed by atoms with Gasteiger partial charge in [0.15, 0.2) is 5.65 Å². The highest BCUT2D eigenvalue weighted by atomic mass is 32.2. The van der Waals surface area contributed by atoms with Crippen LogP contribution in [0.3, 0.4) is 0 Å². The van der Waals surface area contributed by atoms with Gasteiger partial charge < -0.3 is 4.98 Å². The van der Waals surface area contributed by atoms with E-state index < -0.39 is 11.2 Å². The molecule has 30 heavy (non-hydrogen) atoms. The van der Waals surface area contributed by atoms with Gasteiger partial charge in [-0.25, -0.2) is 19.7 Å². The molecule has 0 unspecified atom stereocenters. The van der Waals surface area contributed by atoms with E-state index in [1.807, 2.05) is 19.2 Å². The van der Waals surface area contributed by atoms with Gasteiger partial charge in [-0.05, 0) is 24.3 Å². The van der Waals surface area contributed by atoms with Crippen LogP contribution < -0.4 is 16.8 Å². The zero-order chi connectivity index (χ0) is 21.6. The van der Waals surface area contributed by atoms with Crippen molar-refractivity contribution in [1.82, 2.24) is 29.1 Å². The minimum Gasteiger partial charge on any atom is -0.309 e. The number of hydrogen-bond donors (Lipinski definition) is 1. The molecule has 4 heterocycles. The van der Waals surface area contributed by atoms with Gasteiger partial charge in [-0.15, -0.1) is 11.3 Å². The van der Waals surface area contributed by atoms with Crippen molar-refractivity contribution < 1.29 is 0 Å². The van der Waals surface area contributed by atoms with Crippen LogP contribution in [0.1, 0.15) is 25.5 Å². The lowest BCUT2D eigenvalue weighted by atomic mass is 10.2. The third-order valence-corrected chi connectivity index (χ3v) is 6.41. The Morgan fingerprint density at radius 2 is 1.97 bits per heavy atom. The van der Waals surface area contributed by atoms with Gasteiger partial charge in [0, 0.05) is 13.6 Å². The molecule has 0 aliphatic rings. The molecule has 0 fully saturated rings. The summed E-state index contributed by atoms with van der Waals surface area (Å²) in [7, 11) is 1.46. The van der Waals surface area contributed by atoms with Crippen LogP contribution in [0, 0.1) is 12.8 Å². The standard InChI is InChI=1S/C19H20N6O3S2/c1-9(2)7-25-15-13(18(27)24(4)19(25)28)17(21-10(3)20-15)30-8-12-22-11-5-6-29-14(11)16(26)23-12/h5-6,9H,7-8H2,1-4H3,(H,22,23,26). The Morgan fingerprint density at radius 3 is 2.70 bits per heavy atom. The number of thioether (sulfide) groups is 1. The molecule has 1 N–H and O–H groups in total. The normalized spacial score (nSPS) is 11.8. The van der Waals surface area contributed by atoms with E-state index in [-0.39, 0.29) is 11.5 Å². The summed E-state index contributed by atoms with van der Waals surface area (Å²) in [5.41, 5.74) is -0.0429. The quantitative estimate of drug-likeness (QED) is 0.370. The summed E-state index contributed by atoms with van der Waals surface area (Å²) in [6, 6.07) is 1.80. The highest BCUT2D eigenvalue weighted by Gasteiger charge is 2.19. The maximum absolute atomic E-state index is 12.9. The van der Waals surface area contributed by atoms with Crippen molar-refractivity contribution in [3.05, 3.63) is 54.3 Å². The largest absolute Gasteiger partial charge is 0.332 e. The minimum atomic E-state index is -0.438. The summed E-state index contributed by atoms with van der Waals surface area (Å²) in [6.45, 7) is 6.15. The summed E-state index contributed by atoms with van der Waals surface area (Å²) < 4.78 is 3.20. The summed E-state index contributed by atoms with van der Waals surface area (Å²) in [4.78, 5) is 53.9. The maximum Gasteiger partial charge on any atom is 0.332 e. The molecular formula is C19H20N6O3S2. The van der Waals surface area contributed by atoms with E-state index in [1.54, 1.807) is 13.0 Å². The maximum atomic E-state index is 12.9. The smallest absolute Gasteiger partial charge is 0.309 e. The number of aromatic amines is 1. The fraction of sp³-hybridized carbons (Fsp3) is 0.368. The Labute approximate surface area is 178 Å². The minimum absolute atomic E-state index is 0.184. The zero-order valence-electron chi connectivity index (χ0n) is 16.9. The van der Waals surface area contributed by atoms with Crippen molar-refractivity contribution >= 4 is 44.3 Å². The van der Waals surface area contributed by atoms with Crippen LogP contribution in [-0.2, 0) is 19.3 Å². The molecule has 0 aliphatic heterocycles. The summed E-state index contributed by atoms with van der Waals surface area (Å²) in [5, 5.41) is 2.58. The third-order valence-electron chi connectivity index (χ3n) is 4.52. The lowest BCUT2D eigenvalue weighted by Gasteiger charge is -2.15. The fourth-order valence-electron chi connectivity index (χ4n) is 3.20. The number of aromatic nitrogens is 6. The lowest BCUT2D eigenvalue weighted by Crippen LogP contribution is -2.39. The SMILES string of the molecule is Cc1nc(SCc2nc3ccsc3c(=O)[nH]2)c2c(=O)n(C)c(=O)n(CC(C)C)c2n1. The molecule has 0 saturated carbocycles. The number of H-pyrrole nitrogens is 1. The number of aryl methyl sites for hydroxylation is 1. The molecular weight excluding hydrogens is 424 g/mol. The first kappa shape index (κ1) is 20.5. The molecule has 0 spiro atoms. The highest BCUT2D eigenvalue weighted by Crippen LogP contribution is 2.25. The number of nitrogens with one attached hydrogen (secondary N) is 1. The summed E-state index contributed by atoms with van der Waals surface area (Å²) in [6.07, 6.45) is 0. The van der Waals surface area contributed by atoms with Gasteiger partial charge >= 0.3 is 5.69 Å². The second kappa shape index (κ2) is 7.80. The predicted molar refractivity (Wildman–Crippen MR) is 118 cm³/mol. The molecule has 9 nitrogen and oxygen atoms in total. The van der Waals surface area contributed by atoms with Crippen LogP contribution >= 0.6 is 23.1 Å². The van der Waals surface area contributed by atoms with Crippen LogP contribution in [0.15, 0.2) is 30.9 Å². The van der Waals surface area contributed by atoms with E-state index in [4.69, 9.17) is 0 Å². The van der Waals surface area contributed by atoms with Gasteiger partial charge in [0.2, 0.25) is 0 Å². The van der Waals surface area contributed by atoms with Crippen LogP contribution in [0.2, 0.25) is 0 Å². The number of rotatable bonds is 5. The van der Waals surface area contributed by atoms with E-state index in [0.717, 1.165) is 4.57 Å². The second-order valence-electron chi connectivity index (χ2n) is 7.36. The second-order valence-corrected chi connectivity index (χ2v) is 9.24. The van der Waals surface area contributed by atoms with Crippen LogP contribution in [0.4, 0.5) is 0 Å². The van der Waals surface area contributed by atoms with Crippen molar-refractivity contribution in [3.8, 4) is 0 Å². The van der Waals surface area contributed by atoms with Crippen molar-refractivity contribution in [2.24, 2.45) is 13.0 Å². The first-order chi connectivity index (χ1) is 14.3. The zero-order valence-corrected chi connectivity index (χ0v) is 18.6. The highest BCUT2D eigenvalue weighted by molar-refractivity contribution is 7.98. The average molecular weight is 445 g/mol. The summed E-state index contributed by atoms with van der Waals surface area (Å²) in [5.74, 6) is 1.47. The Balaban J connectivity index is 1.84. The third kappa shape index (κ3) is 3.58. The lowest BCUT2D eigenvalue weighted by molar-refractivity contribution is 0.498. The molecule has 0 aromatic carbocycles. The van der Waals surface area contributed by atoms with Crippen molar-refractivity contribution in [3.63, 3.8) is 0 Å². The molecule has 0 aliphatic carbocycles. The van der Waals surface area contributed by atoms with Crippen LogP contribution in [-0.4, -0.2) is 29.1 Å². The molecule has 4 aromatic rings. The van der Waals surface area contributed by atoms with E-state index in [9.17, 15) is 14.4 Å². The van der Waals surface area contributed by atoms with Crippen LogP contribution in [0.25, 0.3) is 21.3 Å². The van der Waals surface area contributed by atoms with Crippen molar-refractivity contribution in [2.75, 3.05) is 0 Å². The molecule has 156 valence electrons. The van der Waals surface area contributed by atoms with Gasteiger partial charge in [-0.1, -0.05) is 25.6 Å². The molecule has 11 heteroatoms. The van der Waals surface area contributed by atoms with Gasteiger partial charge in [0.25, 0.3) is 11.1 Å². The van der Waals surface area contributed by atoms with E-state index >= 15 is 0 Å². The predicted octanol–water partition coefficient (Wildman–Crippen LogP) is 2.04. The summed E-state index contributed by atoms with van der Waals surface area (Å²) >= 11 is 2.63. The van der Waals surface area contributed by atoms with Gasteiger partial charge in [-0.3, -0.25) is 18.7 Å². The van der Waals surface area contributed by atoms with Gasteiger partial charge in [0.1, 0.15) is 26.8 Å². The first-order valence-electron chi connectivity index (χ1n) is 9.33. The Hall–Kier alpha value is -2.79. The Bertz CT molecular complexity index is 1450. The number of thiophene rings is 1. The topological polar surface area (TPSA) is 116 Å². The number of nitrogens with zero attached hydrogens (tertiary/aromatic N) is 5. The van der Waals surface area contributed by atoms with E-state index in [2.05, 4.69) is 19.9 Å². The molecule has 4 rings (SSSR count). The van der Waals surface area contributed by atoms with Gasteiger partial charge in [0.05, 0.1) is 11.3 Å². The van der Waals surface area contributed by atoms with E-state index in [0.29, 0.717) is 50.2 Å². The van der Waals surface area contributed by atoms with Crippen LogP contribution in [0.5, 0.6) is 0 Å². The number of fused-ring (bicyclic) bond motifs is 2. The molecule has 0 bridgehead atoms. The molecule has 0 radical (unpaired) electrons. The molecule has 4 aromatic heterocycles. The number of hydrogen-bond acceptors (Lipinski definition) is 8. The van der Waals surface area contributed by atoms with Crippen molar-refractivity contribution in [1.29, 1.82) is 0 Å². The Morgan fingerprint density at radius 1 is 1.20 bits per heavy atom. The molecule has 0 saturated heterocycles. The van der Waals surface area contributed by atoms with Crippen molar-refractivity contribution in [2.45, 2.75) is 38.1 Å². The molecule has 0 amide bonds. The van der Waals surface area contributed by atoms with Gasteiger partial charge in [-0.2, -0.15) is 0 Å². The first-order valence-corrected chi connectivity index (χ1v) is 11.2. The fourth-order valence-corrected chi connectivity index (χ4v) is 4.86.